The molecule has 3 N–H and O–H groups in total. The molecule has 2 atom stereocenters. The minimum Gasteiger partial charge on any atom is -0.350 e. The molecule has 0 radical (unpaired) electrons. The normalized spacial score (nSPS) is 12.7. The zero-order valence-electron chi connectivity index (χ0n) is 12.7. The van der Waals surface area contributed by atoms with Crippen LogP contribution in [0, 0.1) is 5.92 Å². The molecule has 0 aliphatic carbocycles. The van der Waals surface area contributed by atoms with Gasteiger partial charge >= 0.3 is 0 Å². The van der Waals surface area contributed by atoms with E-state index in [1.807, 2.05) is 37.3 Å². The molecule has 0 aliphatic rings. The van der Waals surface area contributed by atoms with E-state index in [9.17, 15) is 9.59 Å². The summed E-state index contributed by atoms with van der Waals surface area (Å²) in [5, 5.41) is 8.45. The van der Waals surface area contributed by atoms with E-state index < -0.39 is 6.04 Å². The number of hydrogen-bond donors (Lipinski definition) is 3. The summed E-state index contributed by atoms with van der Waals surface area (Å²) in [5.74, 6) is -0.468. The Morgan fingerprint density at radius 1 is 1.10 bits per heavy atom. The van der Waals surface area contributed by atoms with Gasteiger partial charge in [-0.3, -0.25) is 9.59 Å². The van der Waals surface area contributed by atoms with Gasteiger partial charge in [0.25, 0.3) is 0 Å². The van der Waals surface area contributed by atoms with Crippen molar-refractivity contribution in [3.63, 3.8) is 0 Å². The number of carbonyl (C=O) groups is 2. The lowest BCUT2D eigenvalue weighted by molar-refractivity contribution is -0.130. The van der Waals surface area contributed by atoms with Crippen LogP contribution in [-0.4, -0.2) is 31.4 Å². The van der Waals surface area contributed by atoms with Crippen molar-refractivity contribution in [2.75, 3.05) is 13.6 Å². The number of hydrogen-bond acceptors (Lipinski definition) is 3. The molecule has 0 saturated heterocycles. The highest BCUT2D eigenvalue weighted by Gasteiger charge is 2.18. The molecule has 0 aromatic heterocycles. The van der Waals surface area contributed by atoms with Crippen LogP contribution < -0.4 is 16.0 Å². The zero-order chi connectivity index (χ0) is 15.0. The molecule has 0 fully saturated rings. The molecule has 2 unspecified atom stereocenters. The van der Waals surface area contributed by atoms with E-state index in [0.29, 0.717) is 13.1 Å². The fourth-order valence-electron chi connectivity index (χ4n) is 1.76. The largest absolute Gasteiger partial charge is 0.350 e. The Morgan fingerprint density at radius 3 is 2.29 bits per heavy atom. The molecule has 118 valence electrons. The predicted octanol–water partition coefficient (Wildman–Crippen LogP) is 1.08. The average molecular weight is 314 g/mol. The molecular formula is C15H24ClN3O2. The van der Waals surface area contributed by atoms with Gasteiger partial charge in [0.15, 0.2) is 0 Å². The van der Waals surface area contributed by atoms with Crippen LogP contribution in [0.25, 0.3) is 0 Å². The first-order valence-corrected chi connectivity index (χ1v) is 6.81. The predicted molar refractivity (Wildman–Crippen MR) is 86.2 cm³/mol. The third-order valence-corrected chi connectivity index (χ3v) is 3.02. The Morgan fingerprint density at radius 2 is 1.71 bits per heavy atom. The molecule has 6 heteroatoms. The maximum Gasteiger partial charge on any atom is 0.242 e. The first kappa shape index (κ1) is 19.4. The van der Waals surface area contributed by atoms with Crippen LogP contribution in [0.1, 0.15) is 19.4 Å². The summed E-state index contributed by atoms with van der Waals surface area (Å²) in [5.41, 5.74) is 1.03. The first-order chi connectivity index (χ1) is 9.54. The number of rotatable bonds is 7. The van der Waals surface area contributed by atoms with Gasteiger partial charge in [-0.1, -0.05) is 37.3 Å². The maximum atomic E-state index is 11.9. The molecule has 0 aliphatic heterocycles. The Bertz CT molecular complexity index is 440. The summed E-state index contributed by atoms with van der Waals surface area (Å²) in [7, 11) is 1.79. The summed E-state index contributed by atoms with van der Waals surface area (Å²) in [4.78, 5) is 23.7. The van der Waals surface area contributed by atoms with Crippen molar-refractivity contribution in [3.8, 4) is 0 Å². The summed E-state index contributed by atoms with van der Waals surface area (Å²) < 4.78 is 0. The van der Waals surface area contributed by atoms with E-state index in [4.69, 9.17) is 0 Å². The maximum absolute atomic E-state index is 11.9. The van der Waals surface area contributed by atoms with E-state index in [1.54, 1.807) is 14.0 Å². The minimum atomic E-state index is -0.537. The molecule has 0 spiro atoms. The zero-order valence-corrected chi connectivity index (χ0v) is 13.5. The molecule has 1 aromatic carbocycles. The minimum absolute atomic E-state index is 0. The quantitative estimate of drug-likeness (QED) is 0.705. The van der Waals surface area contributed by atoms with Crippen LogP contribution in [0.4, 0.5) is 0 Å². The van der Waals surface area contributed by atoms with Crippen molar-refractivity contribution >= 4 is 24.2 Å². The van der Waals surface area contributed by atoms with Crippen molar-refractivity contribution in [2.45, 2.75) is 26.4 Å². The Balaban J connectivity index is 0.00000400. The van der Waals surface area contributed by atoms with Gasteiger partial charge in [0, 0.05) is 19.0 Å². The van der Waals surface area contributed by atoms with E-state index >= 15 is 0 Å². The number of amides is 2. The molecule has 0 saturated carbocycles. The fourth-order valence-corrected chi connectivity index (χ4v) is 1.76. The number of nitrogens with one attached hydrogen (secondary N) is 3. The van der Waals surface area contributed by atoms with E-state index in [1.165, 1.54) is 0 Å². The molecule has 21 heavy (non-hydrogen) atoms. The van der Waals surface area contributed by atoms with Gasteiger partial charge in [-0.25, -0.2) is 0 Å². The van der Waals surface area contributed by atoms with Gasteiger partial charge in [0.2, 0.25) is 11.8 Å². The van der Waals surface area contributed by atoms with Crippen LogP contribution in [0.2, 0.25) is 0 Å². The highest BCUT2D eigenvalue weighted by atomic mass is 35.5. The lowest BCUT2D eigenvalue weighted by Gasteiger charge is -2.17. The molecule has 0 bridgehead atoms. The summed E-state index contributed by atoms with van der Waals surface area (Å²) in [6.07, 6.45) is 0. The van der Waals surface area contributed by atoms with Gasteiger partial charge in [-0.05, 0) is 19.5 Å². The topological polar surface area (TPSA) is 70.2 Å². The second-order valence-corrected chi connectivity index (χ2v) is 4.89. The SMILES string of the molecule is CNCC(C)C(=O)NC(C)C(=O)NCc1ccccc1.Cl. The molecule has 2 amide bonds. The molecule has 1 rings (SSSR count). The summed E-state index contributed by atoms with van der Waals surface area (Å²) in [6.45, 7) is 4.56. The summed E-state index contributed by atoms with van der Waals surface area (Å²) >= 11 is 0. The molecule has 5 nitrogen and oxygen atoms in total. The average Bonchev–Trinajstić information content (AvgIpc) is 2.45. The first-order valence-electron chi connectivity index (χ1n) is 6.81. The van der Waals surface area contributed by atoms with Gasteiger partial charge in [0.1, 0.15) is 6.04 Å². The van der Waals surface area contributed by atoms with Crippen molar-refractivity contribution in [2.24, 2.45) is 5.92 Å². The van der Waals surface area contributed by atoms with Crippen LogP contribution in [0.3, 0.4) is 0 Å². The Kier molecular flexibility index (Phi) is 9.41. The molecular weight excluding hydrogens is 290 g/mol. The Hall–Kier alpha value is -1.59. The third-order valence-electron chi connectivity index (χ3n) is 3.02. The second-order valence-electron chi connectivity index (χ2n) is 4.89. The van der Waals surface area contributed by atoms with Crippen LogP contribution in [-0.2, 0) is 16.1 Å². The third kappa shape index (κ3) is 7.11. The highest BCUT2D eigenvalue weighted by Crippen LogP contribution is 1.98. The van der Waals surface area contributed by atoms with E-state index in [0.717, 1.165) is 5.56 Å². The Labute approximate surface area is 132 Å². The van der Waals surface area contributed by atoms with Crippen molar-refractivity contribution in [1.29, 1.82) is 0 Å². The van der Waals surface area contributed by atoms with Gasteiger partial charge in [-0.2, -0.15) is 0 Å². The fraction of sp³-hybridized carbons (Fsp3) is 0.467. The highest BCUT2D eigenvalue weighted by molar-refractivity contribution is 5.88. The van der Waals surface area contributed by atoms with Crippen molar-refractivity contribution in [1.82, 2.24) is 16.0 Å². The van der Waals surface area contributed by atoms with E-state index in [-0.39, 0.29) is 30.1 Å². The van der Waals surface area contributed by atoms with Crippen LogP contribution in [0.5, 0.6) is 0 Å². The van der Waals surface area contributed by atoms with Crippen molar-refractivity contribution in [3.05, 3.63) is 35.9 Å². The monoisotopic (exact) mass is 313 g/mol. The summed E-state index contributed by atoms with van der Waals surface area (Å²) in [6, 6.07) is 9.12. The number of halogens is 1. The van der Waals surface area contributed by atoms with Gasteiger partial charge in [-0.15, -0.1) is 12.4 Å². The van der Waals surface area contributed by atoms with Gasteiger partial charge < -0.3 is 16.0 Å². The standard InChI is InChI=1S/C15H23N3O2.ClH/c1-11(9-16-3)14(19)18-12(2)15(20)17-10-13-7-5-4-6-8-13;/h4-8,11-12,16H,9-10H2,1-3H3,(H,17,20)(H,18,19);1H. The van der Waals surface area contributed by atoms with Crippen molar-refractivity contribution < 1.29 is 9.59 Å². The number of carbonyl (C=O) groups excluding carboxylic acids is 2. The smallest absolute Gasteiger partial charge is 0.242 e. The molecule has 0 heterocycles. The van der Waals surface area contributed by atoms with Crippen LogP contribution in [0.15, 0.2) is 30.3 Å². The van der Waals surface area contributed by atoms with Crippen LogP contribution >= 0.6 is 12.4 Å². The molecule has 1 aromatic rings. The lowest BCUT2D eigenvalue weighted by Crippen LogP contribution is -2.47. The van der Waals surface area contributed by atoms with Gasteiger partial charge in [0.05, 0.1) is 0 Å². The second kappa shape index (κ2) is 10.2. The van der Waals surface area contributed by atoms with E-state index in [2.05, 4.69) is 16.0 Å². The lowest BCUT2D eigenvalue weighted by atomic mass is 10.1. The number of benzene rings is 1.